The summed E-state index contributed by atoms with van der Waals surface area (Å²) in [5, 5.41) is 2.73. The number of ether oxygens (including phenoxy) is 2. The predicted octanol–water partition coefficient (Wildman–Crippen LogP) is 4.09. The van der Waals surface area contributed by atoms with Crippen molar-refractivity contribution in [1.82, 2.24) is 9.55 Å². The number of amides is 1. The highest BCUT2D eigenvalue weighted by molar-refractivity contribution is 5.94. The fourth-order valence-corrected chi connectivity index (χ4v) is 3.67. The number of aromatic nitrogens is 2. The molecule has 2 aliphatic heterocycles. The molecule has 0 fully saturated rings. The van der Waals surface area contributed by atoms with Gasteiger partial charge in [-0.1, -0.05) is 6.07 Å². The Morgan fingerprint density at radius 1 is 1.07 bits per heavy atom. The molecule has 9 heteroatoms. The van der Waals surface area contributed by atoms with Crippen LogP contribution in [0.5, 0.6) is 11.5 Å². The van der Waals surface area contributed by atoms with E-state index < -0.39 is 11.7 Å². The molecule has 148 valence electrons. The van der Waals surface area contributed by atoms with Gasteiger partial charge in [0.15, 0.2) is 17.3 Å². The lowest BCUT2D eigenvalue weighted by Crippen LogP contribution is -2.25. The summed E-state index contributed by atoms with van der Waals surface area (Å²) in [5.41, 5.74) is 1.33. The zero-order valence-corrected chi connectivity index (χ0v) is 14.9. The molecular formula is C20H14F3N3O3. The van der Waals surface area contributed by atoms with Crippen LogP contribution in [0.25, 0.3) is 5.69 Å². The SMILES string of the molecule is O=C1C[C@H](c2ccc3c(c2)OCO3)c2c(ncn2-c2ccc(C(F)(F)F)cc2)N1. The van der Waals surface area contributed by atoms with Gasteiger partial charge in [0.05, 0.1) is 11.3 Å². The Balaban J connectivity index is 1.58. The third kappa shape index (κ3) is 2.98. The normalized spacial score (nSPS) is 17.8. The Hall–Kier alpha value is -3.49. The molecule has 5 rings (SSSR count). The van der Waals surface area contributed by atoms with Crippen molar-refractivity contribution in [2.24, 2.45) is 0 Å². The monoisotopic (exact) mass is 401 g/mol. The number of fused-ring (bicyclic) bond motifs is 2. The number of hydrogen-bond donors (Lipinski definition) is 1. The maximum Gasteiger partial charge on any atom is 0.416 e. The summed E-state index contributed by atoms with van der Waals surface area (Å²) < 4.78 is 51.1. The first-order valence-corrected chi connectivity index (χ1v) is 8.84. The van der Waals surface area contributed by atoms with Gasteiger partial charge in [-0.2, -0.15) is 13.2 Å². The molecule has 1 amide bonds. The van der Waals surface area contributed by atoms with Crippen LogP contribution in [0.1, 0.15) is 29.2 Å². The highest BCUT2D eigenvalue weighted by Gasteiger charge is 2.33. The number of nitrogens with one attached hydrogen (secondary N) is 1. The fraction of sp³-hybridized carbons (Fsp3) is 0.200. The maximum atomic E-state index is 12.9. The molecule has 0 saturated carbocycles. The summed E-state index contributed by atoms with van der Waals surface area (Å²) in [4.78, 5) is 16.5. The molecule has 0 radical (unpaired) electrons. The minimum atomic E-state index is -4.41. The summed E-state index contributed by atoms with van der Waals surface area (Å²) in [7, 11) is 0. The second kappa shape index (κ2) is 6.26. The van der Waals surface area contributed by atoms with Crippen molar-refractivity contribution in [3.05, 3.63) is 65.6 Å². The highest BCUT2D eigenvalue weighted by Crippen LogP contribution is 2.42. The van der Waals surface area contributed by atoms with Crippen molar-refractivity contribution in [3.8, 4) is 17.2 Å². The smallest absolute Gasteiger partial charge is 0.416 e. The summed E-state index contributed by atoms with van der Waals surface area (Å²) in [6, 6.07) is 10.3. The predicted molar refractivity (Wildman–Crippen MR) is 96.2 cm³/mol. The van der Waals surface area contributed by atoms with Crippen molar-refractivity contribution < 1.29 is 27.4 Å². The van der Waals surface area contributed by atoms with Gasteiger partial charge in [-0.15, -0.1) is 0 Å². The number of carbonyl (C=O) groups excluding carboxylic acids is 1. The number of anilines is 1. The summed E-state index contributed by atoms with van der Waals surface area (Å²) >= 11 is 0. The van der Waals surface area contributed by atoms with Crippen LogP contribution in [0.15, 0.2) is 48.8 Å². The molecule has 0 spiro atoms. The molecule has 29 heavy (non-hydrogen) atoms. The van der Waals surface area contributed by atoms with E-state index in [1.165, 1.54) is 18.5 Å². The van der Waals surface area contributed by atoms with Gasteiger partial charge >= 0.3 is 6.18 Å². The van der Waals surface area contributed by atoms with E-state index in [2.05, 4.69) is 10.3 Å². The topological polar surface area (TPSA) is 65.4 Å². The fourth-order valence-electron chi connectivity index (χ4n) is 3.67. The van der Waals surface area contributed by atoms with Crippen molar-refractivity contribution in [2.45, 2.75) is 18.5 Å². The van der Waals surface area contributed by atoms with Crippen molar-refractivity contribution in [1.29, 1.82) is 0 Å². The van der Waals surface area contributed by atoms with E-state index in [0.717, 1.165) is 17.7 Å². The largest absolute Gasteiger partial charge is 0.454 e. The number of alkyl halides is 3. The number of carbonyl (C=O) groups is 1. The number of halogens is 3. The minimum Gasteiger partial charge on any atom is -0.454 e. The van der Waals surface area contributed by atoms with Gasteiger partial charge in [0.2, 0.25) is 12.7 Å². The van der Waals surface area contributed by atoms with E-state index in [1.807, 2.05) is 12.1 Å². The number of nitrogens with zero attached hydrogens (tertiary/aromatic N) is 2. The number of imidazole rings is 1. The molecule has 0 bridgehead atoms. The van der Waals surface area contributed by atoms with E-state index in [1.54, 1.807) is 10.6 Å². The molecular weight excluding hydrogens is 387 g/mol. The van der Waals surface area contributed by atoms with Gasteiger partial charge in [0.25, 0.3) is 0 Å². The number of benzene rings is 2. The number of rotatable bonds is 2. The average Bonchev–Trinajstić information content (AvgIpc) is 3.33. The first kappa shape index (κ1) is 17.6. The Morgan fingerprint density at radius 3 is 2.59 bits per heavy atom. The van der Waals surface area contributed by atoms with Crippen LogP contribution >= 0.6 is 0 Å². The zero-order chi connectivity index (χ0) is 20.2. The van der Waals surface area contributed by atoms with E-state index in [-0.39, 0.29) is 25.0 Å². The van der Waals surface area contributed by atoms with Crippen LogP contribution in [0.3, 0.4) is 0 Å². The molecule has 1 N–H and O–H groups in total. The molecule has 3 heterocycles. The molecule has 1 aromatic heterocycles. The van der Waals surface area contributed by atoms with Crippen LogP contribution in [-0.2, 0) is 11.0 Å². The van der Waals surface area contributed by atoms with Gasteiger partial charge in [-0.3, -0.25) is 4.79 Å². The van der Waals surface area contributed by atoms with E-state index in [4.69, 9.17) is 9.47 Å². The maximum absolute atomic E-state index is 12.9. The highest BCUT2D eigenvalue weighted by atomic mass is 19.4. The summed E-state index contributed by atoms with van der Waals surface area (Å²) in [6.07, 6.45) is -2.73. The molecule has 6 nitrogen and oxygen atoms in total. The van der Waals surface area contributed by atoms with Crippen molar-refractivity contribution in [2.75, 3.05) is 12.1 Å². The van der Waals surface area contributed by atoms with Gasteiger partial charge in [0, 0.05) is 18.0 Å². The Morgan fingerprint density at radius 2 is 1.83 bits per heavy atom. The van der Waals surface area contributed by atoms with Crippen LogP contribution < -0.4 is 14.8 Å². The second-order valence-corrected chi connectivity index (χ2v) is 6.81. The molecule has 0 aliphatic carbocycles. The van der Waals surface area contributed by atoms with Crippen LogP contribution in [0.2, 0.25) is 0 Å². The van der Waals surface area contributed by atoms with Crippen molar-refractivity contribution >= 4 is 11.7 Å². The lowest BCUT2D eigenvalue weighted by atomic mass is 9.89. The van der Waals surface area contributed by atoms with E-state index >= 15 is 0 Å². The standard InChI is InChI=1S/C20H14F3N3O3/c21-20(22,23)12-2-4-13(5-3-12)26-9-24-19-18(26)14(8-17(27)25-19)11-1-6-15-16(7-11)29-10-28-15/h1-7,9,14H,8,10H2,(H,25,27)/t14-/m1/s1. The molecule has 2 aliphatic rings. The lowest BCUT2D eigenvalue weighted by Gasteiger charge is -2.25. The minimum absolute atomic E-state index is 0.138. The van der Waals surface area contributed by atoms with Crippen molar-refractivity contribution in [3.63, 3.8) is 0 Å². The Bertz CT molecular complexity index is 1110. The molecule has 0 saturated heterocycles. The second-order valence-electron chi connectivity index (χ2n) is 6.81. The first-order valence-electron chi connectivity index (χ1n) is 8.84. The molecule has 3 aromatic rings. The number of hydrogen-bond acceptors (Lipinski definition) is 4. The van der Waals surface area contributed by atoms with Gasteiger partial charge in [-0.25, -0.2) is 4.98 Å². The van der Waals surface area contributed by atoms with E-state index in [0.29, 0.717) is 28.7 Å². The van der Waals surface area contributed by atoms with E-state index in [9.17, 15) is 18.0 Å². The van der Waals surface area contributed by atoms with Gasteiger partial charge in [-0.05, 0) is 42.0 Å². The van der Waals surface area contributed by atoms with Gasteiger partial charge in [0.1, 0.15) is 6.33 Å². The Labute approximate surface area is 162 Å². The first-order chi connectivity index (χ1) is 13.9. The average molecular weight is 401 g/mol. The molecule has 1 atom stereocenters. The van der Waals surface area contributed by atoms with Crippen LogP contribution in [0, 0.1) is 0 Å². The third-order valence-corrected chi connectivity index (χ3v) is 5.05. The third-order valence-electron chi connectivity index (χ3n) is 5.05. The quantitative estimate of drug-likeness (QED) is 0.703. The lowest BCUT2D eigenvalue weighted by molar-refractivity contribution is -0.137. The van der Waals surface area contributed by atoms with Gasteiger partial charge < -0.3 is 19.4 Å². The zero-order valence-electron chi connectivity index (χ0n) is 14.9. The summed E-state index contributed by atoms with van der Waals surface area (Å²) in [6.45, 7) is 0.138. The summed E-state index contributed by atoms with van der Waals surface area (Å²) in [5.74, 6) is 1.10. The van der Waals surface area contributed by atoms with Crippen LogP contribution in [-0.4, -0.2) is 22.3 Å². The molecule has 0 unspecified atom stereocenters. The van der Waals surface area contributed by atoms with Crippen LogP contribution in [0.4, 0.5) is 19.0 Å². The molecule has 2 aromatic carbocycles. The Kier molecular flexibility index (Phi) is 3.80.